The van der Waals surface area contributed by atoms with Crippen molar-refractivity contribution in [2.24, 2.45) is 5.92 Å². The number of hydrogen-bond donors (Lipinski definition) is 1. The summed E-state index contributed by atoms with van der Waals surface area (Å²) in [6.07, 6.45) is 9.70. The van der Waals surface area contributed by atoms with Crippen LogP contribution in [0, 0.1) is 5.92 Å². The molecule has 102 valence electrons. The number of rotatable bonds is 5. The van der Waals surface area contributed by atoms with Crippen LogP contribution >= 0.6 is 27.3 Å². The molecule has 0 aromatic carbocycles. The second-order valence-corrected chi connectivity index (χ2v) is 7.12. The van der Waals surface area contributed by atoms with Crippen LogP contribution in [-0.4, -0.2) is 6.54 Å². The normalized spacial score (nSPS) is 19.7. The van der Waals surface area contributed by atoms with Crippen molar-refractivity contribution in [3.05, 3.63) is 20.8 Å². The van der Waals surface area contributed by atoms with Gasteiger partial charge in [0.25, 0.3) is 0 Å². The molecule has 1 fully saturated rings. The van der Waals surface area contributed by atoms with Crippen molar-refractivity contribution in [2.75, 3.05) is 6.54 Å². The van der Waals surface area contributed by atoms with Gasteiger partial charge in [-0.15, -0.1) is 11.3 Å². The summed E-state index contributed by atoms with van der Waals surface area (Å²) in [6.45, 7) is 3.38. The topological polar surface area (TPSA) is 12.0 Å². The van der Waals surface area contributed by atoms with Gasteiger partial charge in [-0.3, -0.25) is 0 Å². The fourth-order valence-electron chi connectivity index (χ4n) is 2.94. The molecule has 0 spiro atoms. The minimum Gasteiger partial charge on any atom is -0.309 e. The molecule has 1 aromatic rings. The minimum absolute atomic E-state index is 0.567. The summed E-state index contributed by atoms with van der Waals surface area (Å²) in [7, 11) is 0. The Balaban J connectivity index is 2.10. The van der Waals surface area contributed by atoms with Crippen LogP contribution in [0.3, 0.4) is 0 Å². The van der Waals surface area contributed by atoms with Crippen molar-refractivity contribution in [3.8, 4) is 0 Å². The molecule has 1 saturated carbocycles. The van der Waals surface area contributed by atoms with Crippen LogP contribution < -0.4 is 5.32 Å². The molecule has 2 rings (SSSR count). The molecule has 0 saturated heterocycles. The number of thiophene rings is 1. The maximum Gasteiger partial charge on any atom is 0.0454 e. The smallest absolute Gasteiger partial charge is 0.0454 e. The zero-order valence-electron chi connectivity index (χ0n) is 11.3. The van der Waals surface area contributed by atoms with Crippen LogP contribution in [0.25, 0.3) is 0 Å². The predicted octanol–water partition coefficient (Wildman–Crippen LogP) is 5.52. The third-order valence-corrected chi connectivity index (χ3v) is 5.87. The highest BCUT2D eigenvalue weighted by molar-refractivity contribution is 9.10. The van der Waals surface area contributed by atoms with E-state index in [1.54, 1.807) is 0 Å². The Morgan fingerprint density at radius 2 is 2.06 bits per heavy atom. The van der Waals surface area contributed by atoms with Gasteiger partial charge in [0.15, 0.2) is 0 Å². The van der Waals surface area contributed by atoms with Gasteiger partial charge in [-0.25, -0.2) is 0 Å². The molecule has 18 heavy (non-hydrogen) atoms. The molecule has 1 heterocycles. The van der Waals surface area contributed by atoms with Gasteiger partial charge in [0.1, 0.15) is 0 Å². The van der Waals surface area contributed by atoms with Crippen molar-refractivity contribution in [2.45, 2.75) is 57.9 Å². The van der Waals surface area contributed by atoms with Crippen molar-refractivity contribution in [3.63, 3.8) is 0 Å². The van der Waals surface area contributed by atoms with E-state index in [1.165, 1.54) is 54.3 Å². The maximum atomic E-state index is 3.79. The highest BCUT2D eigenvalue weighted by atomic mass is 79.9. The lowest BCUT2D eigenvalue weighted by Crippen LogP contribution is -2.28. The summed E-state index contributed by atoms with van der Waals surface area (Å²) in [5.74, 6) is 0.828. The van der Waals surface area contributed by atoms with Crippen LogP contribution in [0.5, 0.6) is 0 Å². The number of nitrogens with one attached hydrogen (secondary N) is 1. The zero-order valence-corrected chi connectivity index (χ0v) is 13.7. The van der Waals surface area contributed by atoms with Crippen molar-refractivity contribution < 1.29 is 0 Å². The Bertz CT molecular complexity index is 342. The minimum atomic E-state index is 0.567. The molecule has 0 amide bonds. The van der Waals surface area contributed by atoms with Crippen LogP contribution in [0.2, 0.25) is 0 Å². The monoisotopic (exact) mass is 329 g/mol. The van der Waals surface area contributed by atoms with E-state index >= 15 is 0 Å². The van der Waals surface area contributed by atoms with Crippen LogP contribution in [0.1, 0.15) is 62.8 Å². The van der Waals surface area contributed by atoms with E-state index in [0.717, 1.165) is 12.5 Å². The molecular formula is C15H24BrNS. The van der Waals surface area contributed by atoms with Gasteiger partial charge in [-0.05, 0) is 59.1 Å². The second kappa shape index (κ2) is 7.66. The van der Waals surface area contributed by atoms with Gasteiger partial charge in [-0.2, -0.15) is 0 Å². The molecule has 3 heteroatoms. The van der Waals surface area contributed by atoms with Gasteiger partial charge >= 0.3 is 0 Å². The van der Waals surface area contributed by atoms with Crippen molar-refractivity contribution >= 4 is 27.3 Å². The molecule has 1 aliphatic carbocycles. The van der Waals surface area contributed by atoms with Crippen LogP contribution in [0.4, 0.5) is 0 Å². The van der Waals surface area contributed by atoms with E-state index < -0.39 is 0 Å². The lowest BCUT2D eigenvalue weighted by atomic mass is 9.90. The zero-order chi connectivity index (χ0) is 12.8. The van der Waals surface area contributed by atoms with E-state index in [-0.39, 0.29) is 0 Å². The fourth-order valence-corrected chi connectivity index (χ4v) is 4.73. The summed E-state index contributed by atoms with van der Waals surface area (Å²) in [6, 6.07) is 2.76. The van der Waals surface area contributed by atoms with Gasteiger partial charge in [0, 0.05) is 15.4 Å². The average Bonchev–Trinajstić information content (AvgIpc) is 2.65. The van der Waals surface area contributed by atoms with E-state index in [9.17, 15) is 0 Å². The summed E-state index contributed by atoms with van der Waals surface area (Å²) in [4.78, 5) is 1.51. The third-order valence-electron chi connectivity index (χ3n) is 3.91. The first-order valence-electron chi connectivity index (χ1n) is 7.29. The lowest BCUT2D eigenvalue weighted by Gasteiger charge is -2.27. The second-order valence-electron chi connectivity index (χ2n) is 5.32. The summed E-state index contributed by atoms with van der Waals surface area (Å²) in [5.41, 5.74) is 0. The lowest BCUT2D eigenvalue weighted by molar-refractivity contribution is 0.329. The molecule has 1 aromatic heterocycles. The number of halogens is 1. The standard InChI is InChI=1S/C15H24BrNS/c1-2-10-17-14(15-13(16)9-11-18-15)12-7-5-3-4-6-8-12/h9,11-12,14,17H,2-8,10H2,1H3. The molecule has 1 aliphatic rings. The molecule has 0 bridgehead atoms. The first-order valence-corrected chi connectivity index (χ1v) is 8.96. The first-order chi connectivity index (χ1) is 8.83. The molecular weight excluding hydrogens is 306 g/mol. The molecule has 0 radical (unpaired) electrons. The first kappa shape index (κ1) is 14.5. The Morgan fingerprint density at radius 3 is 2.61 bits per heavy atom. The van der Waals surface area contributed by atoms with Gasteiger partial charge in [-0.1, -0.05) is 32.6 Å². The largest absolute Gasteiger partial charge is 0.309 e. The van der Waals surface area contributed by atoms with Crippen LogP contribution in [-0.2, 0) is 0 Å². The van der Waals surface area contributed by atoms with Gasteiger partial charge < -0.3 is 5.32 Å². The number of hydrogen-bond acceptors (Lipinski definition) is 2. The Kier molecular flexibility index (Phi) is 6.19. The quantitative estimate of drug-likeness (QED) is 0.701. The van der Waals surface area contributed by atoms with Crippen molar-refractivity contribution in [1.82, 2.24) is 5.32 Å². The van der Waals surface area contributed by atoms with Crippen LogP contribution in [0.15, 0.2) is 15.9 Å². The third kappa shape index (κ3) is 3.82. The average molecular weight is 330 g/mol. The molecule has 1 unspecified atom stereocenters. The van der Waals surface area contributed by atoms with Gasteiger partial charge in [0.2, 0.25) is 0 Å². The summed E-state index contributed by atoms with van der Waals surface area (Å²) >= 11 is 5.61. The maximum absolute atomic E-state index is 3.79. The Labute approximate surface area is 123 Å². The van der Waals surface area contributed by atoms with E-state index in [2.05, 4.69) is 39.6 Å². The summed E-state index contributed by atoms with van der Waals surface area (Å²) in [5, 5.41) is 6.00. The SMILES string of the molecule is CCCNC(c1sccc1Br)C1CCCCCC1. The Hall–Kier alpha value is 0.140. The van der Waals surface area contributed by atoms with E-state index in [4.69, 9.17) is 0 Å². The molecule has 1 atom stereocenters. The fraction of sp³-hybridized carbons (Fsp3) is 0.733. The summed E-state index contributed by atoms with van der Waals surface area (Å²) < 4.78 is 1.30. The predicted molar refractivity (Wildman–Crippen MR) is 84.2 cm³/mol. The van der Waals surface area contributed by atoms with Crippen molar-refractivity contribution in [1.29, 1.82) is 0 Å². The molecule has 1 nitrogen and oxygen atoms in total. The van der Waals surface area contributed by atoms with E-state index in [0.29, 0.717) is 6.04 Å². The molecule has 1 N–H and O–H groups in total. The molecule has 0 aliphatic heterocycles. The van der Waals surface area contributed by atoms with Gasteiger partial charge in [0.05, 0.1) is 0 Å². The van der Waals surface area contributed by atoms with E-state index in [1.807, 2.05) is 11.3 Å². The highest BCUT2D eigenvalue weighted by Crippen LogP contribution is 2.38. The highest BCUT2D eigenvalue weighted by Gasteiger charge is 2.25. The Morgan fingerprint density at radius 1 is 1.33 bits per heavy atom.